The van der Waals surface area contributed by atoms with E-state index in [0.717, 1.165) is 24.0 Å². The van der Waals surface area contributed by atoms with Crippen LogP contribution in [0.15, 0.2) is 47.4 Å². The number of sulfonamides is 1. The summed E-state index contributed by atoms with van der Waals surface area (Å²) in [7, 11) is -3.71. The molecule has 2 aromatic rings. The molecule has 0 aliphatic heterocycles. The monoisotopic (exact) mass is 376 g/mol. The van der Waals surface area contributed by atoms with E-state index in [9.17, 15) is 13.2 Å². The van der Waals surface area contributed by atoms with Crippen molar-refractivity contribution in [2.75, 3.05) is 16.6 Å². The molecule has 0 aromatic heterocycles. The molecule has 0 atom stereocenters. The molecule has 0 saturated carbocycles. The van der Waals surface area contributed by atoms with Gasteiger partial charge in [0, 0.05) is 5.69 Å². The summed E-state index contributed by atoms with van der Waals surface area (Å²) in [5.41, 5.74) is 2.82. The summed E-state index contributed by atoms with van der Waals surface area (Å²) in [6.45, 7) is 6.10. The van der Waals surface area contributed by atoms with Crippen molar-refractivity contribution >= 4 is 27.5 Å². The van der Waals surface area contributed by atoms with Gasteiger partial charge in [-0.25, -0.2) is 13.2 Å². The lowest BCUT2D eigenvalue weighted by atomic mass is 10.1. The van der Waals surface area contributed by atoms with E-state index < -0.39 is 16.1 Å². The molecule has 140 valence electrons. The number of hydrogen-bond acceptors (Lipinski definition) is 4. The number of benzene rings is 2. The maximum atomic E-state index is 12.5. The minimum Gasteiger partial charge on any atom is -0.449 e. The predicted octanol–water partition coefficient (Wildman–Crippen LogP) is 4.45. The Morgan fingerprint density at radius 3 is 2.42 bits per heavy atom. The van der Waals surface area contributed by atoms with E-state index in [-0.39, 0.29) is 4.90 Å². The maximum absolute atomic E-state index is 12.5. The van der Waals surface area contributed by atoms with Crippen LogP contribution in [0.4, 0.5) is 16.2 Å². The fourth-order valence-electron chi connectivity index (χ4n) is 2.23. The SMILES string of the molecule is CCCCOC(=O)Nc1ccc(S(=O)(=O)Nc2cc(C)ccc2C)cc1. The Kier molecular flexibility index (Phi) is 6.63. The van der Waals surface area contributed by atoms with Gasteiger partial charge in [0.15, 0.2) is 0 Å². The van der Waals surface area contributed by atoms with Crippen LogP contribution in [0.25, 0.3) is 0 Å². The first-order valence-corrected chi connectivity index (χ1v) is 9.94. The highest BCUT2D eigenvalue weighted by Gasteiger charge is 2.15. The van der Waals surface area contributed by atoms with Crippen LogP contribution < -0.4 is 10.0 Å². The molecule has 0 fully saturated rings. The van der Waals surface area contributed by atoms with Crippen molar-refractivity contribution in [3.8, 4) is 0 Å². The summed E-state index contributed by atoms with van der Waals surface area (Å²) in [6.07, 6.45) is 1.18. The van der Waals surface area contributed by atoms with Crippen molar-refractivity contribution < 1.29 is 17.9 Å². The van der Waals surface area contributed by atoms with Crippen molar-refractivity contribution in [2.24, 2.45) is 0 Å². The zero-order chi connectivity index (χ0) is 19.2. The molecule has 0 aliphatic carbocycles. The summed E-state index contributed by atoms with van der Waals surface area (Å²) in [5.74, 6) is 0. The highest BCUT2D eigenvalue weighted by molar-refractivity contribution is 7.92. The lowest BCUT2D eigenvalue weighted by Crippen LogP contribution is -2.15. The summed E-state index contributed by atoms with van der Waals surface area (Å²) < 4.78 is 32.7. The predicted molar refractivity (Wildman–Crippen MR) is 103 cm³/mol. The van der Waals surface area contributed by atoms with Crippen LogP contribution in [0.2, 0.25) is 0 Å². The van der Waals surface area contributed by atoms with Gasteiger partial charge in [-0.2, -0.15) is 0 Å². The molecule has 0 spiro atoms. The Labute approximate surface area is 154 Å². The number of carbonyl (C=O) groups excluding carboxylic acids is 1. The van der Waals surface area contributed by atoms with Gasteiger partial charge in [-0.3, -0.25) is 10.0 Å². The Hall–Kier alpha value is -2.54. The van der Waals surface area contributed by atoms with Crippen LogP contribution in [0.1, 0.15) is 30.9 Å². The second kappa shape index (κ2) is 8.71. The van der Waals surface area contributed by atoms with Gasteiger partial charge in [0.1, 0.15) is 0 Å². The second-order valence-electron chi connectivity index (χ2n) is 6.06. The molecule has 6 nitrogen and oxygen atoms in total. The van der Waals surface area contributed by atoms with Crippen molar-refractivity contribution in [1.82, 2.24) is 0 Å². The number of anilines is 2. The van der Waals surface area contributed by atoms with Crippen molar-refractivity contribution in [3.63, 3.8) is 0 Å². The number of amides is 1. The summed E-state index contributed by atoms with van der Waals surface area (Å²) in [6, 6.07) is 11.5. The zero-order valence-corrected chi connectivity index (χ0v) is 16.0. The van der Waals surface area contributed by atoms with E-state index in [1.165, 1.54) is 24.3 Å². The van der Waals surface area contributed by atoms with Crippen molar-refractivity contribution in [3.05, 3.63) is 53.6 Å². The first kappa shape index (κ1) is 19.8. The molecule has 1 amide bonds. The van der Waals surface area contributed by atoms with Gasteiger partial charge in [0.25, 0.3) is 10.0 Å². The molecule has 0 unspecified atom stereocenters. The molecule has 0 saturated heterocycles. The molecular formula is C19H24N2O4S. The Balaban J connectivity index is 2.06. The van der Waals surface area contributed by atoms with E-state index in [1.54, 1.807) is 6.07 Å². The van der Waals surface area contributed by atoms with E-state index in [0.29, 0.717) is 18.0 Å². The van der Waals surface area contributed by atoms with Crippen LogP contribution >= 0.6 is 0 Å². The molecule has 26 heavy (non-hydrogen) atoms. The summed E-state index contributed by atoms with van der Waals surface area (Å²) >= 11 is 0. The lowest BCUT2D eigenvalue weighted by molar-refractivity contribution is 0.160. The number of ether oxygens (including phenoxy) is 1. The van der Waals surface area contributed by atoms with E-state index >= 15 is 0 Å². The molecule has 0 aliphatic rings. The first-order valence-electron chi connectivity index (χ1n) is 8.46. The molecule has 2 aromatic carbocycles. The smallest absolute Gasteiger partial charge is 0.411 e. The molecule has 2 rings (SSSR count). The highest BCUT2D eigenvalue weighted by Crippen LogP contribution is 2.22. The third-order valence-electron chi connectivity index (χ3n) is 3.78. The van der Waals surface area contributed by atoms with Gasteiger partial charge >= 0.3 is 6.09 Å². The fourth-order valence-corrected chi connectivity index (χ4v) is 3.35. The number of carbonyl (C=O) groups is 1. The molecule has 2 N–H and O–H groups in total. The average Bonchev–Trinajstić information content (AvgIpc) is 2.58. The van der Waals surface area contributed by atoms with Crippen molar-refractivity contribution in [1.29, 1.82) is 0 Å². The van der Waals surface area contributed by atoms with Gasteiger partial charge < -0.3 is 4.74 Å². The average molecular weight is 376 g/mol. The highest BCUT2D eigenvalue weighted by atomic mass is 32.2. The van der Waals surface area contributed by atoms with Crippen molar-refractivity contribution in [2.45, 2.75) is 38.5 Å². The molecular weight excluding hydrogens is 352 g/mol. The largest absolute Gasteiger partial charge is 0.449 e. The molecule has 0 radical (unpaired) electrons. The number of nitrogens with one attached hydrogen (secondary N) is 2. The maximum Gasteiger partial charge on any atom is 0.411 e. The first-order chi connectivity index (χ1) is 12.3. The zero-order valence-electron chi connectivity index (χ0n) is 15.2. The molecule has 7 heteroatoms. The Bertz CT molecular complexity index is 862. The third-order valence-corrected chi connectivity index (χ3v) is 5.16. The number of rotatable bonds is 7. The normalized spacial score (nSPS) is 11.0. The van der Waals surface area contributed by atoms with Crippen LogP contribution in [0, 0.1) is 13.8 Å². The van der Waals surface area contributed by atoms with Crippen LogP contribution in [0.3, 0.4) is 0 Å². The Morgan fingerprint density at radius 2 is 1.77 bits per heavy atom. The number of aryl methyl sites for hydroxylation is 2. The van der Waals surface area contributed by atoms with Crippen LogP contribution in [0.5, 0.6) is 0 Å². The van der Waals surface area contributed by atoms with Gasteiger partial charge in [0.05, 0.1) is 17.2 Å². The van der Waals surface area contributed by atoms with E-state index in [1.807, 2.05) is 32.9 Å². The van der Waals surface area contributed by atoms with Gasteiger partial charge in [-0.1, -0.05) is 25.5 Å². The summed E-state index contributed by atoms with van der Waals surface area (Å²) in [5, 5.41) is 2.57. The summed E-state index contributed by atoms with van der Waals surface area (Å²) in [4.78, 5) is 11.7. The van der Waals surface area contributed by atoms with Gasteiger partial charge in [-0.05, 0) is 61.7 Å². The van der Waals surface area contributed by atoms with Crippen LogP contribution in [-0.4, -0.2) is 21.1 Å². The minimum absolute atomic E-state index is 0.114. The lowest BCUT2D eigenvalue weighted by Gasteiger charge is -2.12. The standard InChI is InChI=1S/C19H24N2O4S/c1-4-5-12-25-19(22)20-16-8-10-17(11-9-16)26(23,24)21-18-13-14(2)6-7-15(18)3/h6-11,13,21H,4-5,12H2,1-3H3,(H,20,22). The topological polar surface area (TPSA) is 84.5 Å². The molecule has 0 heterocycles. The quantitative estimate of drug-likeness (QED) is 0.699. The van der Waals surface area contributed by atoms with Gasteiger partial charge in [0.2, 0.25) is 0 Å². The third kappa shape index (κ3) is 5.49. The number of unbranched alkanes of at least 4 members (excludes halogenated alkanes) is 1. The minimum atomic E-state index is -3.71. The second-order valence-corrected chi connectivity index (χ2v) is 7.75. The Morgan fingerprint density at radius 1 is 1.08 bits per heavy atom. The fraction of sp³-hybridized carbons (Fsp3) is 0.316. The molecule has 0 bridgehead atoms. The van der Waals surface area contributed by atoms with Crippen LogP contribution in [-0.2, 0) is 14.8 Å². The van der Waals surface area contributed by atoms with Gasteiger partial charge in [-0.15, -0.1) is 0 Å². The van der Waals surface area contributed by atoms with E-state index in [4.69, 9.17) is 4.74 Å². The number of hydrogen-bond donors (Lipinski definition) is 2. The van der Waals surface area contributed by atoms with E-state index in [2.05, 4.69) is 10.0 Å².